The molecule has 8 nitrogen and oxygen atoms in total. The molecular weight excluding hydrogens is 426 g/mol. The van der Waals surface area contributed by atoms with Crippen LogP contribution in [0.2, 0.25) is 0 Å². The topological polar surface area (TPSA) is 88.8 Å². The lowest BCUT2D eigenvalue weighted by Crippen LogP contribution is -2.32. The number of aliphatic imine (C=N–C) groups is 1. The van der Waals surface area contributed by atoms with Crippen molar-refractivity contribution in [2.45, 2.75) is 27.2 Å². The molecule has 1 aromatic heterocycles. The third-order valence-corrected chi connectivity index (χ3v) is 5.95. The van der Waals surface area contributed by atoms with Crippen molar-refractivity contribution in [1.29, 1.82) is 0 Å². The molecule has 2 amide bonds. The number of hydrogen-bond donors (Lipinski definition) is 1. The van der Waals surface area contributed by atoms with E-state index in [0.29, 0.717) is 30.4 Å². The molecule has 170 valence electrons. The maximum absolute atomic E-state index is 13.0. The molecule has 0 saturated carbocycles. The Kier molecular flexibility index (Phi) is 7.87. The van der Waals surface area contributed by atoms with Crippen LogP contribution in [0.3, 0.4) is 0 Å². The minimum atomic E-state index is -0.179. The van der Waals surface area contributed by atoms with Crippen molar-refractivity contribution in [2.75, 3.05) is 31.3 Å². The number of nitrogens with zero attached hydrogens (tertiary/aromatic N) is 4. The number of benzene rings is 1. The van der Waals surface area contributed by atoms with Gasteiger partial charge in [-0.3, -0.25) is 19.2 Å². The Morgan fingerprint density at radius 3 is 2.72 bits per heavy atom. The summed E-state index contributed by atoms with van der Waals surface area (Å²) in [4.78, 5) is 31.7. The fourth-order valence-corrected chi connectivity index (χ4v) is 4.21. The van der Waals surface area contributed by atoms with Crippen LogP contribution in [0.15, 0.2) is 35.1 Å². The lowest BCUT2D eigenvalue weighted by molar-refractivity contribution is -0.122. The molecule has 9 heteroatoms. The number of amides is 2. The van der Waals surface area contributed by atoms with Crippen molar-refractivity contribution in [3.8, 4) is 0 Å². The summed E-state index contributed by atoms with van der Waals surface area (Å²) in [7, 11) is 3.46. The Bertz CT molecular complexity index is 1070. The fraction of sp³-hybridized carbons (Fsp3) is 0.391. The highest BCUT2D eigenvalue weighted by Crippen LogP contribution is 2.25. The van der Waals surface area contributed by atoms with Crippen molar-refractivity contribution in [2.24, 2.45) is 12.0 Å². The highest BCUT2D eigenvalue weighted by atomic mass is 32.2. The van der Waals surface area contributed by atoms with Gasteiger partial charge in [0.25, 0.3) is 5.91 Å². The van der Waals surface area contributed by atoms with Gasteiger partial charge in [-0.1, -0.05) is 29.5 Å². The van der Waals surface area contributed by atoms with Crippen LogP contribution in [0.4, 0.5) is 5.69 Å². The number of nitrogens with one attached hydrogen (secondary N) is 1. The summed E-state index contributed by atoms with van der Waals surface area (Å²) in [6, 6.07) is 5.89. The van der Waals surface area contributed by atoms with E-state index in [0.717, 1.165) is 28.1 Å². The van der Waals surface area contributed by atoms with Gasteiger partial charge in [-0.2, -0.15) is 5.10 Å². The molecule has 1 N–H and O–H groups in total. The van der Waals surface area contributed by atoms with Crippen molar-refractivity contribution in [3.63, 3.8) is 0 Å². The van der Waals surface area contributed by atoms with E-state index in [1.54, 1.807) is 22.8 Å². The Balaban J connectivity index is 1.73. The number of aryl methyl sites for hydroxylation is 4. The van der Waals surface area contributed by atoms with Crippen LogP contribution in [-0.2, 0) is 21.4 Å². The number of amidine groups is 1. The van der Waals surface area contributed by atoms with E-state index in [4.69, 9.17) is 4.74 Å². The number of carbonyl (C=O) groups excluding carboxylic acids is 2. The van der Waals surface area contributed by atoms with Gasteiger partial charge in [0.2, 0.25) is 5.91 Å². The minimum absolute atomic E-state index is 0.144. The maximum atomic E-state index is 13.0. The zero-order valence-corrected chi connectivity index (χ0v) is 20.0. The van der Waals surface area contributed by atoms with E-state index in [1.807, 2.05) is 52.2 Å². The summed E-state index contributed by atoms with van der Waals surface area (Å²) < 4.78 is 6.83. The van der Waals surface area contributed by atoms with Gasteiger partial charge >= 0.3 is 0 Å². The Morgan fingerprint density at radius 2 is 2.06 bits per heavy atom. The monoisotopic (exact) mass is 455 g/mol. The van der Waals surface area contributed by atoms with Gasteiger partial charge in [0.05, 0.1) is 11.4 Å². The SMILES string of the molecule is COCCCN1C(=O)/C(=C\c2cn(C)nc2C)N=C1SCC(=O)Nc1ccc(C)cc1C. The largest absolute Gasteiger partial charge is 0.385 e. The third-order valence-electron chi connectivity index (χ3n) is 4.97. The number of methoxy groups -OCH3 is 1. The average Bonchev–Trinajstić information content (AvgIpc) is 3.21. The van der Waals surface area contributed by atoms with Crippen LogP contribution in [0, 0.1) is 20.8 Å². The summed E-state index contributed by atoms with van der Waals surface area (Å²) in [5, 5.41) is 7.77. The molecule has 0 radical (unpaired) electrons. The van der Waals surface area contributed by atoms with E-state index in [2.05, 4.69) is 15.4 Å². The Hall–Kier alpha value is -2.91. The summed E-state index contributed by atoms with van der Waals surface area (Å²) in [6.07, 6.45) is 4.27. The molecule has 1 aliphatic rings. The Labute approximate surface area is 192 Å². The number of anilines is 1. The number of hydrogen-bond acceptors (Lipinski definition) is 6. The minimum Gasteiger partial charge on any atom is -0.385 e. The van der Waals surface area contributed by atoms with Crippen LogP contribution in [0.25, 0.3) is 6.08 Å². The highest BCUT2D eigenvalue weighted by molar-refractivity contribution is 8.14. The number of ether oxygens (including phenoxy) is 1. The van der Waals surface area contributed by atoms with Crippen molar-refractivity contribution in [1.82, 2.24) is 14.7 Å². The number of thioether (sulfide) groups is 1. The van der Waals surface area contributed by atoms with Crippen molar-refractivity contribution >= 4 is 40.5 Å². The van der Waals surface area contributed by atoms with Crippen LogP contribution in [-0.4, -0.2) is 57.7 Å². The first-order valence-electron chi connectivity index (χ1n) is 10.4. The van der Waals surface area contributed by atoms with Gasteiger partial charge in [-0.15, -0.1) is 0 Å². The van der Waals surface area contributed by atoms with Gasteiger partial charge in [-0.25, -0.2) is 4.99 Å². The number of aromatic nitrogens is 2. The zero-order chi connectivity index (χ0) is 23.3. The van der Waals surface area contributed by atoms with E-state index in [1.165, 1.54) is 11.8 Å². The summed E-state index contributed by atoms with van der Waals surface area (Å²) >= 11 is 1.25. The van der Waals surface area contributed by atoms with Gasteiger partial charge in [0, 0.05) is 44.8 Å². The van der Waals surface area contributed by atoms with E-state index >= 15 is 0 Å². The third kappa shape index (κ3) is 5.86. The maximum Gasteiger partial charge on any atom is 0.278 e. The van der Waals surface area contributed by atoms with Crippen LogP contribution in [0.5, 0.6) is 0 Å². The fourth-order valence-electron chi connectivity index (χ4n) is 3.38. The van der Waals surface area contributed by atoms with Crippen LogP contribution < -0.4 is 5.32 Å². The van der Waals surface area contributed by atoms with Crippen LogP contribution in [0.1, 0.15) is 28.8 Å². The molecule has 0 saturated heterocycles. The predicted molar refractivity (Wildman–Crippen MR) is 129 cm³/mol. The summed E-state index contributed by atoms with van der Waals surface area (Å²) in [5.74, 6) is -0.171. The molecule has 3 rings (SSSR count). The lowest BCUT2D eigenvalue weighted by Gasteiger charge is -2.17. The quantitative estimate of drug-likeness (QED) is 0.487. The van der Waals surface area contributed by atoms with Crippen molar-refractivity contribution in [3.05, 3.63) is 52.5 Å². The Morgan fingerprint density at radius 1 is 1.28 bits per heavy atom. The van der Waals surface area contributed by atoms with E-state index < -0.39 is 0 Å². The number of rotatable bonds is 8. The molecule has 2 aromatic rings. The van der Waals surface area contributed by atoms with Crippen molar-refractivity contribution < 1.29 is 14.3 Å². The van der Waals surface area contributed by atoms with Gasteiger partial charge in [0.1, 0.15) is 5.70 Å². The average molecular weight is 456 g/mol. The highest BCUT2D eigenvalue weighted by Gasteiger charge is 2.30. The van der Waals surface area contributed by atoms with Crippen LogP contribution >= 0.6 is 11.8 Å². The molecule has 0 bridgehead atoms. The summed E-state index contributed by atoms with van der Waals surface area (Å²) in [6.45, 7) is 6.87. The summed E-state index contributed by atoms with van der Waals surface area (Å²) in [5.41, 5.74) is 4.95. The first-order valence-corrected chi connectivity index (χ1v) is 11.4. The second-order valence-corrected chi connectivity index (χ2v) is 8.67. The lowest BCUT2D eigenvalue weighted by atomic mass is 10.1. The second kappa shape index (κ2) is 10.6. The smallest absolute Gasteiger partial charge is 0.278 e. The van der Waals surface area contributed by atoms with Gasteiger partial charge in [-0.05, 0) is 44.9 Å². The zero-order valence-electron chi connectivity index (χ0n) is 19.1. The molecule has 0 unspecified atom stereocenters. The molecule has 2 heterocycles. The standard InChI is InChI=1S/C23H29N5O3S/c1-15-7-8-19(16(2)11-15)24-21(29)14-32-23-25-20(12-18-13-27(4)26-17(18)3)22(30)28(23)9-6-10-31-5/h7-8,11-13H,6,9-10,14H2,1-5H3,(H,24,29)/b20-12+. The molecule has 0 fully saturated rings. The first-order chi connectivity index (χ1) is 15.3. The molecule has 1 aliphatic heterocycles. The molecule has 0 atom stereocenters. The normalized spacial score (nSPS) is 14.9. The second-order valence-electron chi connectivity index (χ2n) is 7.73. The molecule has 1 aromatic carbocycles. The first kappa shape index (κ1) is 23.7. The van der Waals surface area contributed by atoms with E-state index in [-0.39, 0.29) is 17.6 Å². The van der Waals surface area contributed by atoms with Gasteiger partial charge in [0.15, 0.2) is 5.17 Å². The molecular formula is C23H29N5O3S. The number of carbonyl (C=O) groups is 2. The van der Waals surface area contributed by atoms with E-state index in [9.17, 15) is 9.59 Å². The molecule has 0 spiro atoms. The van der Waals surface area contributed by atoms with Gasteiger partial charge < -0.3 is 10.1 Å². The molecule has 0 aliphatic carbocycles. The predicted octanol–water partition coefficient (Wildman–Crippen LogP) is 3.29. The molecule has 32 heavy (non-hydrogen) atoms.